The summed E-state index contributed by atoms with van der Waals surface area (Å²) in [6.45, 7) is -0.332. The molecule has 0 aliphatic rings. The summed E-state index contributed by atoms with van der Waals surface area (Å²) in [6.07, 6.45) is 0. The zero-order valence-corrected chi connectivity index (χ0v) is 9.79. The maximum Gasteiger partial charge on any atom is 0.341 e. The average molecular weight is 263 g/mol. The number of carbonyl (C=O) groups is 1. The van der Waals surface area contributed by atoms with Crippen LogP contribution in [0.4, 0.5) is 0 Å². The summed E-state index contributed by atoms with van der Waals surface area (Å²) in [5.74, 6) is -0.494. The molecule has 0 aromatic heterocycles. The van der Waals surface area contributed by atoms with E-state index in [1.54, 1.807) is 24.3 Å². The normalized spacial score (nSPS) is 8.56. The van der Waals surface area contributed by atoms with E-state index >= 15 is 0 Å². The molecule has 1 aromatic rings. The first-order chi connectivity index (χ1) is 7.41. The van der Waals surface area contributed by atoms with E-state index in [1.165, 1.54) is 0 Å². The van der Waals surface area contributed by atoms with Crippen molar-refractivity contribution in [2.45, 2.75) is 0 Å². The lowest BCUT2D eigenvalue weighted by molar-refractivity contribution is -0.139. The second-order valence-electron chi connectivity index (χ2n) is 2.54. The van der Waals surface area contributed by atoms with Crippen molar-refractivity contribution in [3.05, 3.63) is 29.3 Å². The summed E-state index contributed by atoms with van der Waals surface area (Å²) < 4.78 is 4.86. The number of benzene rings is 1. The molecule has 1 aromatic carbocycles. The Balaban J connectivity index is 0.000000487. The highest BCUT2D eigenvalue weighted by Crippen LogP contribution is 2.14. The number of carboxylic acid groups (broad SMARTS) is 1. The fourth-order valence-electron chi connectivity index (χ4n) is 0.676. The van der Waals surface area contributed by atoms with Gasteiger partial charge in [-0.3, -0.25) is 0 Å². The van der Waals surface area contributed by atoms with Crippen molar-refractivity contribution in [2.24, 2.45) is 11.5 Å². The maximum atomic E-state index is 10.1. The number of ether oxygens (including phenoxy) is 1. The minimum absolute atomic E-state index is 0.000000000000000222. The molecule has 1 rings (SSSR count). The molecule has 0 amide bonds. The summed E-state index contributed by atoms with van der Waals surface area (Å²) in [7, 11) is 0. The van der Waals surface area contributed by atoms with Crippen LogP contribution in [0.3, 0.4) is 0 Å². The number of hydrogen-bond acceptors (Lipinski definition) is 3. The van der Waals surface area contributed by atoms with Gasteiger partial charge in [0.2, 0.25) is 0 Å². The topological polar surface area (TPSA) is 98.6 Å². The average Bonchev–Trinajstić information content (AvgIpc) is 2.16. The van der Waals surface area contributed by atoms with Gasteiger partial charge in [0, 0.05) is 5.02 Å². The number of aliphatic carboxylic acids is 1. The molecule has 0 saturated carbocycles. The number of rotatable bonds is 3. The third-order valence-corrected chi connectivity index (χ3v) is 1.43. The molecule has 5 nitrogen and oxygen atoms in total. The van der Waals surface area contributed by atoms with Gasteiger partial charge in [-0.2, -0.15) is 0 Å². The zero-order valence-electron chi connectivity index (χ0n) is 8.22. The lowest BCUT2D eigenvalue weighted by Crippen LogP contribution is -2.18. The summed E-state index contributed by atoms with van der Waals surface area (Å²) in [5, 5.41) is 8.87. The number of nitrogens with two attached hydrogens (primary N) is 2. The van der Waals surface area contributed by atoms with Gasteiger partial charge in [-0.25, -0.2) is 4.79 Å². The minimum atomic E-state index is -0.995. The number of carboxylic acids is 1. The first kappa shape index (κ1) is 14.5. The summed E-state index contributed by atoms with van der Waals surface area (Å²) in [6, 6.07) is 6.51. The van der Waals surface area contributed by atoms with Crippen LogP contribution in [0.5, 0.6) is 5.75 Å². The third-order valence-electron chi connectivity index (χ3n) is 1.18. The molecular formula is C9H11ClN2O3S. The largest absolute Gasteiger partial charge is 0.482 e. The first-order valence-electron chi connectivity index (χ1n) is 4.07. The molecule has 0 radical (unpaired) electrons. The van der Waals surface area contributed by atoms with E-state index in [1.807, 2.05) is 0 Å². The van der Waals surface area contributed by atoms with E-state index < -0.39 is 5.97 Å². The van der Waals surface area contributed by atoms with Gasteiger partial charge in [0.1, 0.15) is 5.75 Å². The van der Waals surface area contributed by atoms with Gasteiger partial charge < -0.3 is 21.3 Å². The van der Waals surface area contributed by atoms with Crippen LogP contribution in [0.2, 0.25) is 5.02 Å². The maximum absolute atomic E-state index is 10.1. The monoisotopic (exact) mass is 262 g/mol. The smallest absolute Gasteiger partial charge is 0.341 e. The van der Waals surface area contributed by atoms with E-state index in [9.17, 15) is 4.79 Å². The Bertz CT molecular complexity index is 352. The molecule has 0 aliphatic carbocycles. The Morgan fingerprint density at radius 1 is 1.38 bits per heavy atom. The molecule has 88 valence electrons. The van der Waals surface area contributed by atoms with Crippen LogP contribution in [0.1, 0.15) is 0 Å². The molecule has 0 bridgehead atoms. The van der Waals surface area contributed by atoms with E-state index in [2.05, 4.69) is 23.7 Å². The summed E-state index contributed by atoms with van der Waals surface area (Å²) in [5.41, 5.74) is 9.24. The van der Waals surface area contributed by atoms with Gasteiger partial charge in [-0.1, -0.05) is 11.6 Å². The van der Waals surface area contributed by atoms with Crippen molar-refractivity contribution in [1.29, 1.82) is 0 Å². The SMILES string of the molecule is NC(N)=S.O=C(O)COc1ccc(Cl)cc1. The van der Waals surface area contributed by atoms with E-state index in [4.69, 9.17) is 21.4 Å². The van der Waals surface area contributed by atoms with Gasteiger partial charge >= 0.3 is 5.97 Å². The van der Waals surface area contributed by atoms with Crippen molar-refractivity contribution < 1.29 is 14.6 Å². The quantitative estimate of drug-likeness (QED) is 0.703. The van der Waals surface area contributed by atoms with Crippen LogP contribution in [-0.4, -0.2) is 22.8 Å². The molecule has 0 unspecified atom stereocenters. The molecule has 0 saturated heterocycles. The molecule has 16 heavy (non-hydrogen) atoms. The highest BCUT2D eigenvalue weighted by Gasteiger charge is 1.97. The van der Waals surface area contributed by atoms with Crippen LogP contribution < -0.4 is 16.2 Å². The highest BCUT2D eigenvalue weighted by atomic mass is 35.5. The van der Waals surface area contributed by atoms with E-state index in [0.29, 0.717) is 10.8 Å². The van der Waals surface area contributed by atoms with Crippen LogP contribution in [0.15, 0.2) is 24.3 Å². The van der Waals surface area contributed by atoms with E-state index in [0.717, 1.165) is 0 Å². The van der Waals surface area contributed by atoms with Crippen molar-refractivity contribution in [1.82, 2.24) is 0 Å². The second kappa shape index (κ2) is 7.72. The number of halogens is 1. The van der Waals surface area contributed by atoms with Gasteiger partial charge in [-0.15, -0.1) is 0 Å². The molecule has 7 heteroatoms. The summed E-state index contributed by atoms with van der Waals surface area (Å²) >= 11 is 9.70. The van der Waals surface area contributed by atoms with Crippen molar-refractivity contribution in [3.8, 4) is 5.75 Å². The highest BCUT2D eigenvalue weighted by molar-refractivity contribution is 7.80. The Kier molecular flexibility index (Phi) is 6.98. The van der Waals surface area contributed by atoms with Crippen molar-refractivity contribution >= 4 is 34.9 Å². The predicted molar refractivity (Wildman–Crippen MR) is 65.6 cm³/mol. The Morgan fingerprint density at radius 3 is 2.19 bits per heavy atom. The lowest BCUT2D eigenvalue weighted by Gasteiger charge is -2.01. The molecule has 0 fully saturated rings. The molecule has 5 N–H and O–H groups in total. The van der Waals surface area contributed by atoms with Crippen LogP contribution in [0.25, 0.3) is 0 Å². The Labute approximate surface area is 103 Å². The second-order valence-corrected chi connectivity index (χ2v) is 3.45. The van der Waals surface area contributed by atoms with Gasteiger partial charge in [0.15, 0.2) is 11.7 Å². The van der Waals surface area contributed by atoms with Crippen LogP contribution in [-0.2, 0) is 4.79 Å². The Morgan fingerprint density at radius 2 is 1.81 bits per heavy atom. The van der Waals surface area contributed by atoms with Crippen molar-refractivity contribution in [3.63, 3.8) is 0 Å². The fourth-order valence-corrected chi connectivity index (χ4v) is 0.802. The van der Waals surface area contributed by atoms with Gasteiger partial charge in [0.05, 0.1) is 0 Å². The molecule has 0 heterocycles. The van der Waals surface area contributed by atoms with Gasteiger partial charge in [0.25, 0.3) is 0 Å². The summed E-state index contributed by atoms with van der Waals surface area (Å²) in [4.78, 5) is 10.1. The lowest BCUT2D eigenvalue weighted by atomic mass is 10.3. The van der Waals surface area contributed by atoms with Crippen LogP contribution >= 0.6 is 23.8 Å². The zero-order chi connectivity index (χ0) is 12.6. The molecular weight excluding hydrogens is 252 g/mol. The predicted octanol–water partition coefficient (Wildman–Crippen LogP) is 0.992. The van der Waals surface area contributed by atoms with Gasteiger partial charge in [-0.05, 0) is 36.5 Å². The van der Waals surface area contributed by atoms with Crippen LogP contribution in [0, 0.1) is 0 Å². The number of hydrogen-bond donors (Lipinski definition) is 3. The fraction of sp³-hybridized carbons (Fsp3) is 0.111. The number of thiocarbonyl (C=S) groups is 1. The third kappa shape index (κ3) is 9.04. The van der Waals surface area contributed by atoms with E-state index in [-0.39, 0.29) is 11.7 Å². The molecule has 0 aliphatic heterocycles. The van der Waals surface area contributed by atoms with Crippen molar-refractivity contribution in [2.75, 3.05) is 6.61 Å². The first-order valence-corrected chi connectivity index (χ1v) is 4.85. The Hall–Kier alpha value is -1.53. The molecule has 0 atom stereocenters. The molecule has 0 spiro atoms. The minimum Gasteiger partial charge on any atom is -0.482 e. The standard InChI is InChI=1S/C8H7ClO3.CH4N2S/c9-6-1-3-7(4-2-6)12-5-8(10)11;2-1(3)4/h1-4H,5H2,(H,10,11);(H4,2,3,4).